The number of carbonyl (C=O) groups excluding carboxylic acids is 2. The van der Waals surface area contributed by atoms with E-state index in [1.807, 2.05) is 36.2 Å². The second-order valence-corrected chi connectivity index (χ2v) is 8.19. The van der Waals surface area contributed by atoms with Gasteiger partial charge in [0.1, 0.15) is 5.54 Å². The number of Topliss-reactive ketones (excluding diaryl/α,β-unsaturated/α-hetero) is 1. The van der Waals surface area contributed by atoms with E-state index in [-0.39, 0.29) is 17.4 Å². The van der Waals surface area contributed by atoms with Crippen LogP contribution in [0.3, 0.4) is 0 Å². The number of nitro benzene ring substituents is 1. The van der Waals surface area contributed by atoms with Crippen molar-refractivity contribution in [2.75, 3.05) is 18.9 Å². The first-order valence-corrected chi connectivity index (χ1v) is 10.3. The molecule has 160 valence electrons. The Morgan fingerprint density at radius 3 is 2.75 bits per heavy atom. The number of aromatic nitrogens is 1. The summed E-state index contributed by atoms with van der Waals surface area (Å²) in [7, 11) is 1.82. The third-order valence-corrected chi connectivity index (χ3v) is 6.59. The molecule has 0 aliphatic carbocycles. The molecule has 1 N–H and O–H groups in total. The average molecular weight is 428 g/mol. The summed E-state index contributed by atoms with van der Waals surface area (Å²) in [4.78, 5) is 44.4. The van der Waals surface area contributed by atoms with Crippen molar-refractivity contribution in [2.24, 2.45) is 5.92 Å². The Morgan fingerprint density at radius 1 is 1.19 bits per heavy atom. The molecule has 2 aromatic carbocycles. The van der Waals surface area contributed by atoms with Crippen LogP contribution in [0.5, 0.6) is 0 Å². The number of nitrogens with zero attached hydrogens (tertiary/aromatic N) is 3. The molecule has 1 amide bonds. The lowest BCUT2D eigenvalue weighted by Gasteiger charge is -2.35. The molecule has 1 saturated heterocycles. The summed E-state index contributed by atoms with van der Waals surface area (Å²) in [6.45, 7) is 0.388. The molecule has 8 heteroatoms. The maximum Gasteiger partial charge on any atom is 0.269 e. The highest BCUT2D eigenvalue weighted by atomic mass is 16.6. The number of nitro groups is 1. The van der Waals surface area contributed by atoms with Crippen LogP contribution in [0.15, 0.2) is 73.1 Å². The third kappa shape index (κ3) is 2.76. The summed E-state index contributed by atoms with van der Waals surface area (Å²) in [6.07, 6.45) is 3.08. The van der Waals surface area contributed by atoms with Gasteiger partial charge in [0, 0.05) is 53.8 Å². The monoisotopic (exact) mass is 428 g/mol. The number of hydrogen-bond acceptors (Lipinski definition) is 6. The Bertz CT molecular complexity index is 1250. The normalized spacial score (nSPS) is 24.3. The molecule has 1 fully saturated rings. The predicted octanol–water partition coefficient (Wildman–Crippen LogP) is 3.37. The Morgan fingerprint density at radius 2 is 2.00 bits per heavy atom. The zero-order chi connectivity index (χ0) is 22.5. The first-order valence-electron chi connectivity index (χ1n) is 10.3. The number of rotatable bonds is 4. The minimum absolute atomic E-state index is 0.0463. The SMILES string of the molecule is CN1C[C@@H](c2cccc([N+](=O)[O-])c2)[C@H](C(=O)c2cccnc2)[C@]12C(=O)Nc1ccccc12. The lowest BCUT2D eigenvalue weighted by Crippen LogP contribution is -2.51. The van der Waals surface area contributed by atoms with Gasteiger partial charge in [-0.15, -0.1) is 0 Å². The Balaban J connectivity index is 1.73. The largest absolute Gasteiger partial charge is 0.324 e. The Hall–Kier alpha value is -3.91. The fraction of sp³-hybridized carbons (Fsp3) is 0.208. The van der Waals surface area contributed by atoms with Gasteiger partial charge in [-0.05, 0) is 30.8 Å². The lowest BCUT2D eigenvalue weighted by molar-refractivity contribution is -0.384. The summed E-state index contributed by atoms with van der Waals surface area (Å²) in [5, 5.41) is 14.3. The van der Waals surface area contributed by atoms with Crippen molar-refractivity contribution in [1.29, 1.82) is 0 Å². The first-order chi connectivity index (χ1) is 15.4. The lowest BCUT2D eigenvalue weighted by atomic mass is 9.70. The maximum atomic E-state index is 13.9. The van der Waals surface area contributed by atoms with E-state index < -0.39 is 22.3 Å². The minimum Gasteiger partial charge on any atom is -0.324 e. The third-order valence-electron chi connectivity index (χ3n) is 6.59. The van der Waals surface area contributed by atoms with Gasteiger partial charge >= 0.3 is 0 Å². The van der Waals surface area contributed by atoms with Gasteiger partial charge in [0.05, 0.1) is 10.8 Å². The Labute approximate surface area is 184 Å². The molecule has 2 aliphatic rings. The van der Waals surface area contributed by atoms with Crippen molar-refractivity contribution in [3.05, 3.63) is 99.9 Å². The number of para-hydroxylation sites is 1. The van der Waals surface area contributed by atoms with Gasteiger partial charge < -0.3 is 5.32 Å². The van der Waals surface area contributed by atoms with E-state index in [1.54, 1.807) is 30.5 Å². The van der Waals surface area contributed by atoms with Crippen molar-refractivity contribution >= 4 is 23.1 Å². The maximum absolute atomic E-state index is 13.9. The molecular formula is C24H20N4O4. The standard InChI is InChI=1S/C24H20N4O4/c1-27-14-18(15-6-4-8-17(12-15)28(31)32)21(22(29)16-7-5-11-25-13-16)24(27)19-9-2-3-10-20(19)26-23(24)30/h2-13,18,21H,14H2,1H3,(H,26,30)/t18-,21+,24+/m0/s1. The van der Waals surface area contributed by atoms with Gasteiger partial charge in [0.25, 0.3) is 5.69 Å². The molecule has 1 spiro atoms. The fourth-order valence-electron chi connectivity index (χ4n) is 5.25. The number of amides is 1. The number of anilines is 1. The molecule has 0 bridgehead atoms. The first kappa shape index (κ1) is 20.0. The number of carbonyl (C=O) groups is 2. The molecule has 0 saturated carbocycles. The number of hydrogen-bond donors (Lipinski definition) is 1. The van der Waals surface area contributed by atoms with Crippen LogP contribution >= 0.6 is 0 Å². The van der Waals surface area contributed by atoms with Gasteiger partial charge in [-0.3, -0.25) is 29.6 Å². The number of nitrogens with one attached hydrogen (secondary N) is 1. The number of ketones is 1. The summed E-state index contributed by atoms with van der Waals surface area (Å²) in [5.41, 5.74) is 1.20. The van der Waals surface area contributed by atoms with Gasteiger partial charge in [-0.25, -0.2) is 0 Å². The van der Waals surface area contributed by atoms with Crippen molar-refractivity contribution in [1.82, 2.24) is 9.88 Å². The molecule has 5 rings (SSSR count). The molecule has 0 unspecified atom stereocenters. The molecule has 3 aromatic rings. The fourth-order valence-corrected chi connectivity index (χ4v) is 5.25. The van der Waals surface area contributed by atoms with E-state index in [9.17, 15) is 19.7 Å². The van der Waals surface area contributed by atoms with Gasteiger partial charge in [-0.2, -0.15) is 0 Å². The van der Waals surface area contributed by atoms with Gasteiger partial charge in [0.2, 0.25) is 5.91 Å². The van der Waals surface area contributed by atoms with Gasteiger partial charge in [0.15, 0.2) is 5.78 Å². The van der Waals surface area contributed by atoms with Crippen LogP contribution in [0.4, 0.5) is 11.4 Å². The van der Waals surface area contributed by atoms with Crippen LogP contribution in [-0.2, 0) is 10.3 Å². The number of non-ortho nitro benzene ring substituents is 1. The van der Waals surface area contributed by atoms with E-state index in [4.69, 9.17) is 0 Å². The smallest absolute Gasteiger partial charge is 0.269 e. The van der Waals surface area contributed by atoms with Crippen LogP contribution in [0.2, 0.25) is 0 Å². The van der Waals surface area contributed by atoms with Crippen LogP contribution < -0.4 is 5.32 Å². The second kappa shape index (κ2) is 7.35. The summed E-state index contributed by atoms with van der Waals surface area (Å²) >= 11 is 0. The highest BCUT2D eigenvalue weighted by molar-refractivity contribution is 6.12. The van der Waals surface area contributed by atoms with Crippen LogP contribution in [0.1, 0.15) is 27.4 Å². The molecule has 2 aliphatic heterocycles. The van der Waals surface area contributed by atoms with Gasteiger partial charge in [-0.1, -0.05) is 30.3 Å². The van der Waals surface area contributed by atoms with E-state index in [2.05, 4.69) is 10.3 Å². The molecule has 0 radical (unpaired) electrons. The van der Waals surface area contributed by atoms with Crippen molar-refractivity contribution in [2.45, 2.75) is 11.5 Å². The molecular weight excluding hydrogens is 408 g/mol. The van der Waals surface area contributed by atoms with Crippen molar-refractivity contribution in [3.63, 3.8) is 0 Å². The highest BCUT2D eigenvalue weighted by Crippen LogP contribution is 2.55. The molecule has 1 aromatic heterocycles. The summed E-state index contributed by atoms with van der Waals surface area (Å²) in [6, 6.07) is 17.1. The molecule has 8 nitrogen and oxygen atoms in total. The quantitative estimate of drug-likeness (QED) is 0.388. The zero-order valence-electron chi connectivity index (χ0n) is 17.3. The summed E-state index contributed by atoms with van der Waals surface area (Å²) < 4.78 is 0. The molecule has 32 heavy (non-hydrogen) atoms. The average Bonchev–Trinajstić information content (AvgIpc) is 3.29. The van der Waals surface area contributed by atoms with Crippen LogP contribution in [0.25, 0.3) is 0 Å². The summed E-state index contributed by atoms with van der Waals surface area (Å²) in [5.74, 6) is -1.70. The van der Waals surface area contributed by atoms with Crippen molar-refractivity contribution in [3.8, 4) is 0 Å². The number of pyridine rings is 1. The van der Waals surface area contributed by atoms with Crippen LogP contribution in [-0.4, -0.2) is 40.1 Å². The van der Waals surface area contributed by atoms with E-state index in [0.29, 0.717) is 23.4 Å². The van der Waals surface area contributed by atoms with E-state index >= 15 is 0 Å². The number of benzene rings is 2. The minimum atomic E-state index is -1.22. The topological polar surface area (TPSA) is 105 Å². The van der Waals surface area contributed by atoms with E-state index in [1.165, 1.54) is 18.3 Å². The Kier molecular flexibility index (Phi) is 4.60. The predicted molar refractivity (Wildman–Crippen MR) is 117 cm³/mol. The molecule has 3 atom stereocenters. The number of likely N-dealkylation sites (N-methyl/N-ethyl adjacent to an activating group) is 1. The number of likely N-dealkylation sites (tertiary alicyclic amines) is 1. The second-order valence-electron chi connectivity index (χ2n) is 8.19. The van der Waals surface area contributed by atoms with E-state index in [0.717, 1.165) is 5.56 Å². The number of fused-ring (bicyclic) bond motifs is 2. The molecule has 3 heterocycles. The van der Waals surface area contributed by atoms with Crippen molar-refractivity contribution < 1.29 is 14.5 Å². The highest BCUT2D eigenvalue weighted by Gasteiger charge is 2.64. The zero-order valence-corrected chi connectivity index (χ0v) is 17.3. The van der Waals surface area contributed by atoms with Crippen LogP contribution in [0, 0.1) is 16.0 Å².